The predicted molar refractivity (Wildman–Crippen MR) is 125 cm³/mol. The summed E-state index contributed by atoms with van der Waals surface area (Å²) in [5.74, 6) is 0.567. The standard InChI is InChI=1S/C23H32N6O3/c1-27-11-7-16(8-12-27)24-9-4-10-25-21(30)15-29-22-18-13-17(32-3)5-6-20(18)28(2)23(31)19(22)14-26-29/h5-6,13-14,16,24H,4,7-12,15H2,1-3H3,(H,25,30). The Bertz CT molecular complexity index is 1160. The van der Waals surface area contributed by atoms with Crippen LogP contribution in [0.1, 0.15) is 19.3 Å². The summed E-state index contributed by atoms with van der Waals surface area (Å²) in [5, 5.41) is 12.2. The molecule has 0 atom stereocenters. The Morgan fingerprint density at radius 3 is 2.72 bits per heavy atom. The molecule has 3 heterocycles. The van der Waals surface area contributed by atoms with Crippen LogP contribution in [-0.4, -0.2) is 71.5 Å². The minimum atomic E-state index is -0.135. The molecule has 1 aromatic carbocycles. The van der Waals surface area contributed by atoms with Gasteiger partial charge in [0.15, 0.2) is 0 Å². The highest BCUT2D eigenvalue weighted by Gasteiger charge is 2.17. The van der Waals surface area contributed by atoms with Crippen molar-refractivity contribution >= 4 is 27.7 Å². The molecule has 0 bridgehead atoms. The van der Waals surface area contributed by atoms with Crippen LogP contribution in [0.4, 0.5) is 0 Å². The molecule has 1 fully saturated rings. The van der Waals surface area contributed by atoms with Crippen molar-refractivity contribution in [3.63, 3.8) is 0 Å². The first-order valence-corrected chi connectivity index (χ1v) is 11.2. The van der Waals surface area contributed by atoms with Crippen molar-refractivity contribution in [2.24, 2.45) is 7.05 Å². The molecule has 1 saturated heterocycles. The molecule has 2 N–H and O–H groups in total. The first kappa shape index (κ1) is 22.3. The van der Waals surface area contributed by atoms with Crippen LogP contribution in [0.5, 0.6) is 5.75 Å². The summed E-state index contributed by atoms with van der Waals surface area (Å²) in [4.78, 5) is 27.7. The van der Waals surface area contributed by atoms with Crippen LogP contribution < -0.4 is 20.9 Å². The number of carbonyl (C=O) groups excluding carboxylic acids is 1. The van der Waals surface area contributed by atoms with Crippen LogP contribution in [0.15, 0.2) is 29.2 Å². The molecule has 0 radical (unpaired) electrons. The zero-order valence-corrected chi connectivity index (χ0v) is 19.1. The van der Waals surface area contributed by atoms with Gasteiger partial charge in [0.1, 0.15) is 12.3 Å². The molecular weight excluding hydrogens is 408 g/mol. The number of aryl methyl sites for hydroxylation is 1. The molecule has 1 aliphatic rings. The molecule has 1 amide bonds. The van der Waals surface area contributed by atoms with Crippen LogP contribution in [0.3, 0.4) is 0 Å². The molecule has 0 saturated carbocycles. The van der Waals surface area contributed by atoms with Crippen LogP contribution >= 0.6 is 0 Å². The lowest BCUT2D eigenvalue weighted by atomic mass is 10.1. The Balaban J connectivity index is 1.39. The lowest BCUT2D eigenvalue weighted by Gasteiger charge is -2.29. The highest BCUT2D eigenvalue weighted by molar-refractivity contribution is 6.04. The average Bonchev–Trinajstić information content (AvgIpc) is 3.21. The predicted octanol–water partition coefficient (Wildman–Crippen LogP) is 1.09. The van der Waals surface area contributed by atoms with Gasteiger partial charge in [0.25, 0.3) is 5.56 Å². The Morgan fingerprint density at radius 1 is 1.19 bits per heavy atom. The fourth-order valence-corrected chi connectivity index (χ4v) is 4.39. The number of hydrogen-bond donors (Lipinski definition) is 2. The lowest BCUT2D eigenvalue weighted by Crippen LogP contribution is -2.41. The third-order valence-corrected chi connectivity index (χ3v) is 6.32. The minimum Gasteiger partial charge on any atom is -0.497 e. The summed E-state index contributed by atoms with van der Waals surface area (Å²) in [5.41, 5.74) is 1.29. The third-order valence-electron chi connectivity index (χ3n) is 6.32. The highest BCUT2D eigenvalue weighted by atomic mass is 16.5. The Hall–Kier alpha value is -2.91. The van der Waals surface area contributed by atoms with Gasteiger partial charge in [0.2, 0.25) is 5.91 Å². The third kappa shape index (κ3) is 4.63. The smallest absolute Gasteiger partial charge is 0.261 e. The number of piperidine rings is 1. The largest absolute Gasteiger partial charge is 0.497 e. The normalized spacial score (nSPS) is 15.5. The maximum atomic E-state index is 12.8. The van der Waals surface area contributed by atoms with Gasteiger partial charge >= 0.3 is 0 Å². The van der Waals surface area contributed by atoms with Crippen LogP contribution in [0.2, 0.25) is 0 Å². The van der Waals surface area contributed by atoms with E-state index in [2.05, 4.69) is 27.7 Å². The molecule has 0 aliphatic carbocycles. The van der Waals surface area contributed by atoms with E-state index < -0.39 is 0 Å². The number of nitrogens with one attached hydrogen (secondary N) is 2. The Labute approximate surface area is 187 Å². The van der Waals surface area contributed by atoms with Crippen molar-refractivity contribution < 1.29 is 9.53 Å². The van der Waals surface area contributed by atoms with Crippen molar-refractivity contribution in [3.8, 4) is 5.75 Å². The van der Waals surface area contributed by atoms with E-state index >= 15 is 0 Å². The van der Waals surface area contributed by atoms with E-state index in [9.17, 15) is 9.59 Å². The number of likely N-dealkylation sites (tertiary alicyclic amines) is 1. The van der Waals surface area contributed by atoms with Gasteiger partial charge in [-0.1, -0.05) is 0 Å². The van der Waals surface area contributed by atoms with Crippen molar-refractivity contribution in [2.45, 2.75) is 31.8 Å². The molecule has 32 heavy (non-hydrogen) atoms. The van der Waals surface area contributed by atoms with Crippen LogP contribution in [0.25, 0.3) is 21.8 Å². The van der Waals surface area contributed by atoms with Crippen molar-refractivity contribution in [3.05, 3.63) is 34.7 Å². The molecule has 2 aromatic heterocycles. The number of rotatable bonds is 8. The fourth-order valence-electron chi connectivity index (χ4n) is 4.39. The number of benzene rings is 1. The Morgan fingerprint density at radius 2 is 1.97 bits per heavy atom. The maximum absolute atomic E-state index is 12.8. The summed E-state index contributed by atoms with van der Waals surface area (Å²) in [6, 6.07) is 6.12. The van der Waals surface area contributed by atoms with E-state index in [0.717, 1.165) is 37.0 Å². The summed E-state index contributed by atoms with van der Waals surface area (Å²) in [6.45, 7) is 3.82. The molecule has 172 valence electrons. The molecule has 1 aliphatic heterocycles. The van der Waals surface area contributed by atoms with Crippen molar-refractivity contribution in [1.29, 1.82) is 0 Å². The second-order valence-electron chi connectivity index (χ2n) is 8.55. The van der Waals surface area contributed by atoms with Gasteiger partial charge in [0, 0.05) is 25.0 Å². The summed E-state index contributed by atoms with van der Waals surface area (Å²) in [7, 11) is 5.50. The van der Waals surface area contributed by atoms with Gasteiger partial charge < -0.3 is 24.8 Å². The number of carbonyl (C=O) groups is 1. The summed E-state index contributed by atoms with van der Waals surface area (Å²) >= 11 is 0. The first-order valence-electron chi connectivity index (χ1n) is 11.2. The SMILES string of the molecule is COc1ccc2c(c1)c1c(cnn1CC(=O)NCCCNC1CCN(C)CC1)c(=O)n2C. The second-order valence-corrected chi connectivity index (χ2v) is 8.55. The highest BCUT2D eigenvalue weighted by Crippen LogP contribution is 2.26. The van der Waals surface area contributed by atoms with E-state index in [1.165, 1.54) is 19.0 Å². The molecule has 3 aromatic rings. The van der Waals surface area contributed by atoms with E-state index in [1.54, 1.807) is 23.4 Å². The van der Waals surface area contributed by atoms with Crippen LogP contribution in [-0.2, 0) is 18.4 Å². The topological polar surface area (TPSA) is 93.4 Å². The average molecular weight is 441 g/mol. The summed E-state index contributed by atoms with van der Waals surface area (Å²) < 4.78 is 8.56. The number of fused-ring (bicyclic) bond motifs is 3. The fraction of sp³-hybridized carbons (Fsp3) is 0.522. The molecule has 0 unspecified atom stereocenters. The number of hydrogen-bond acceptors (Lipinski definition) is 6. The van der Waals surface area contributed by atoms with E-state index in [-0.39, 0.29) is 18.0 Å². The molecule has 9 nitrogen and oxygen atoms in total. The molecule has 4 rings (SSSR count). The number of aromatic nitrogens is 3. The van der Waals surface area contributed by atoms with Gasteiger partial charge in [-0.15, -0.1) is 0 Å². The van der Waals surface area contributed by atoms with Gasteiger partial charge in [0.05, 0.1) is 29.7 Å². The maximum Gasteiger partial charge on any atom is 0.261 e. The van der Waals surface area contributed by atoms with Crippen molar-refractivity contribution in [2.75, 3.05) is 40.3 Å². The van der Waals surface area contributed by atoms with Gasteiger partial charge in [-0.05, 0) is 64.1 Å². The number of nitrogens with zero attached hydrogens (tertiary/aromatic N) is 4. The zero-order chi connectivity index (χ0) is 22.7. The Kier molecular flexibility index (Phi) is 6.76. The van der Waals surface area contributed by atoms with Gasteiger partial charge in [-0.25, -0.2) is 0 Å². The molecule has 9 heteroatoms. The first-order chi connectivity index (χ1) is 15.5. The van der Waals surface area contributed by atoms with Crippen molar-refractivity contribution in [1.82, 2.24) is 29.9 Å². The van der Waals surface area contributed by atoms with E-state index in [0.29, 0.717) is 29.2 Å². The van der Waals surface area contributed by atoms with Gasteiger partial charge in [-0.3, -0.25) is 14.3 Å². The lowest BCUT2D eigenvalue weighted by molar-refractivity contribution is -0.121. The quantitative estimate of drug-likeness (QED) is 0.510. The van der Waals surface area contributed by atoms with Crippen LogP contribution in [0, 0.1) is 0 Å². The minimum absolute atomic E-state index is 0.0609. The molecule has 0 spiro atoms. The second kappa shape index (κ2) is 9.70. The number of ether oxygens (including phenoxy) is 1. The van der Waals surface area contributed by atoms with E-state index in [1.807, 2.05) is 18.2 Å². The molecular formula is C23H32N6O3. The number of methoxy groups -OCH3 is 1. The summed E-state index contributed by atoms with van der Waals surface area (Å²) in [6.07, 6.45) is 4.76. The van der Waals surface area contributed by atoms with Gasteiger partial charge in [-0.2, -0.15) is 5.10 Å². The number of amides is 1. The number of pyridine rings is 1. The monoisotopic (exact) mass is 440 g/mol. The van der Waals surface area contributed by atoms with E-state index in [4.69, 9.17) is 4.74 Å². The zero-order valence-electron chi connectivity index (χ0n) is 19.1.